The molecular weight excluding hydrogens is 272 g/mol. The van der Waals surface area contributed by atoms with Gasteiger partial charge in [-0.25, -0.2) is 4.79 Å². The van der Waals surface area contributed by atoms with Gasteiger partial charge in [0.05, 0.1) is 5.71 Å². The number of H-pyrrole nitrogens is 1. The summed E-state index contributed by atoms with van der Waals surface area (Å²) in [6, 6.07) is 7.45. The van der Waals surface area contributed by atoms with Crippen LogP contribution in [0.2, 0.25) is 0 Å². The van der Waals surface area contributed by atoms with Gasteiger partial charge in [0, 0.05) is 29.9 Å². The molecule has 0 saturated heterocycles. The summed E-state index contributed by atoms with van der Waals surface area (Å²) in [5, 5.41) is 32.0. The summed E-state index contributed by atoms with van der Waals surface area (Å²) in [7, 11) is 0. The van der Waals surface area contributed by atoms with Crippen molar-refractivity contribution in [2.24, 2.45) is 5.16 Å². The first-order valence-electron chi connectivity index (χ1n) is 6.14. The van der Waals surface area contributed by atoms with Crippen LogP contribution in [0, 0.1) is 0 Å². The standard InChI is InChI=1S/C14H16N2O4.CH4/c1-9(16-20)6-14(19,13(17)18)7-10-8-15-12-5-3-2-4-11(10)12;/h2-5,8,15,19-20H,6-7H2,1H3,(H,17,18);1H4/b16-9+;. The molecule has 1 aromatic carbocycles. The van der Waals surface area contributed by atoms with E-state index in [1.54, 1.807) is 6.20 Å². The molecule has 2 aromatic rings. The van der Waals surface area contributed by atoms with E-state index in [-0.39, 0.29) is 26.0 Å². The van der Waals surface area contributed by atoms with Crippen LogP contribution in [-0.4, -0.2) is 37.7 Å². The predicted octanol–water partition coefficient (Wildman–Crippen LogP) is 2.40. The number of aromatic nitrogens is 1. The molecule has 6 nitrogen and oxygen atoms in total. The van der Waals surface area contributed by atoms with Gasteiger partial charge < -0.3 is 20.4 Å². The largest absolute Gasteiger partial charge is 0.479 e. The topological polar surface area (TPSA) is 106 Å². The molecule has 0 bridgehead atoms. The van der Waals surface area contributed by atoms with E-state index in [0.29, 0.717) is 5.56 Å². The smallest absolute Gasteiger partial charge is 0.336 e. The fourth-order valence-electron chi connectivity index (χ4n) is 2.27. The fourth-order valence-corrected chi connectivity index (χ4v) is 2.27. The molecule has 4 N–H and O–H groups in total. The van der Waals surface area contributed by atoms with Crippen molar-refractivity contribution in [3.8, 4) is 0 Å². The van der Waals surface area contributed by atoms with Crippen LogP contribution in [-0.2, 0) is 11.2 Å². The van der Waals surface area contributed by atoms with Crippen molar-refractivity contribution in [2.45, 2.75) is 32.8 Å². The van der Waals surface area contributed by atoms with E-state index in [9.17, 15) is 15.0 Å². The van der Waals surface area contributed by atoms with Gasteiger partial charge in [-0.05, 0) is 18.6 Å². The van der Waals surface area contributed by atoms with E-state index in [1.807, 2.05) is 24.3 Å². The number of oxime groups is 1. The van der Waals surface area contributed by atoms with E-state index < -0.39 is 11.6 Å². The SMILES string of the molecule is C.C/C(CC(O)(Cc1c[nH]c2ccccc12)C(=O)O)=N\O. The lowest BCUT2D eigenvalue weighted by atomic mass is 9.89. The van der Waals surface area contributed by atoms with Gasteiger partial charge in [-0.15, -0.1) is 0 Å². The van der Waals surface area contributed by atoms with Crippen LogP contribution in [0.4, 0.5) is 0 Å². The lowest BCUT2D eigenvalue weighted by molar-refractivity contribution is -0.157. The summed E-state index contributed by atoms with van der Waals surface area (Å²) in [5.74, 6) is -1.34. The molecule has 1 heterocycles. The molecule has 0 aliphatic rings. The Morgan fingerprint density at radius 2 is 2.05 bits per heavy atom. The molecule has 0 amide bonds. The number of carboxylic acid groups (broad SMARTS) is 1. The van der Waals surface area contributed by atoms with Gasteiger partial charge in [0.1, 0.15) is 0 Å². The lowest BCUT2D eigenvalue weighted by Crippen LogP contribution is -2.42. The molecule has 1 aromatic heterocycles. The van der Waals surface area contributed by atoms with Crippen molar-refractivity contribution in [3.05, 3.63) is 36.0 Å². The van der Waals surface area contributed by atoms with Crippen molar-refractivity contribution in [2.75, 3.05) is 0 Å². The van der Waals surface area contributed by atoms with Gasteiger partial charge in [0.15, 0.2) is 5.60 Å². The van der Waals surface area contributed by atoms with Gasteiger partial charge in [-0.2, -0.15) is 0 Å². The molecule has 2 rings (SSSR count). The van der Waals surface area contributed by atoms with Gasteiger partial charge in [0.2, 0.25) is 0 Å². The van der Waals surface area contributed by atoms with Crippen molar-refractivity contribution in [1.29, 1.82) is 0 Å². The number of aliphatic carboxylic acids is 1. The van der Waals surface area contributed by atoms with Crippen molar-refractivity contribution < 1.29 is 20.2 Å². The summed E-state index contributed by atoms with van der Waals surface area (Å²) >= 11 is 0. The number of nitrogens with one attached hydrogen (secondary N) is 1. The highest BCUT2D eigenvalue weighted by atomic mass is 16.4. The Kier molecular flexibility index (Phi) is 5.10. The zero-order valence-corrected chi connectivity index (χ0v) is 11.0. The third-order valence-corrected chi connectivity index (χ3v) is 3.27. The van der Waals surface area contributed by atoms with Crippen LogP contribution < -0.4 is 0 Å². The molecule has 0 spiro atoms. The summed E-state index contributed by atoms with van der Waals surface area (Å²) in [6.45, 7) is 1.46. The summed E-state index contributed by atoms with van der Waals surface area (Å²) in [6.07, 6.45) is 1.38. The number of carboxylic acids is 1. The van der Waals surface area contributed by atoms with Crippen molar-refractivity contribution in [1.82, 2.24) is 4.98 Å². The van der Waals surface area contributed by atoms with Crippen LogP contribution >= 0.6 is 0 Å². The number of benzene rings is 1. The van der Waals surface area contributed by atoms with Gasteiger partial charge in [-0.3, -0.25) is 0 Å². The molecule has 1 unspecified atom stereocenters. The summed E-state index contributed by atoms with van der Waals surface area (Å²) in [5.41, 5.74) is -0.255. The quantitative estimate of drug-likeness (QED) is 0.385. The van der Waals surface area contributed by atoms with Crippen molar-refractivity contribution in [3.63, 3.8) is 0 Å². The van der Waals surface area contributed by atoms with E-state index in [4.69, 9.17) is 5.21 Å². The van der Waals surface area contributed by atoms with Crippen LogP contribution in [0.1, 0.15) is 26.3 Å². The minimum atomic E-state index is -2.00. The number of fused-ring (bicyclic) bond motifs is 1. The molecule has 1 atom stereocenters. The Bertz CT molecular complexity index is 662. The molecule has 0 aliphatic heterocycles. The number of aliphatic hydroxyl groups is 1. The molecular formula is C15H20N2O4. The number of carbonyl (C=O) groups is 1. The molecule has 21 heavy (non-hydrogen) atoms. The Labute approximate surface area is 122 Å². The first-order valence-corrected chi connectivity index (χ1v) is 6.14. The van der Waals surface area contributed by atoms with Crippen LogP contribution in [0.25, 0.3) is 10.9 Å². The number of aromatic amines is 1. The zero-order chi connectivity index (χ0) is 14.8. The Balaban J connectivity index is 0.00000220. The van der Waals surface area contributed by atoms with E-state index in [2.05, 4.69) is 10.1 Å². The highest BCUT2D eigenvalue weighted by molar-refractivity contribution is 5.91. The highest BCUT2D eigenvalue weighted by Crippen LogP contribution is 2.25. The van der Waals surface area contributed by atoms with E-state index in [0.717, 1.165) is 10.9 Å². The molecule has 6 heteroatoms. The summed E-state index contributed by atoms with van der Waals surface area (Å²) in [4.78, 5) is 14.4. The second-order valence-corrected chi connectivity index (χ2v) is 4.89. The van der Waals surface area contributed by atoms with Crippen LogP contribution in [0.3, 0.4) is 0 Å². The van der Waals surface area contributed by atoms with E-state index in [1.165, 1.54) is 6.92 Å². The number of rotatable bonds is 5. The van der Waals surface area contributed by atoms with E-state index >= 15 is 0 Å². The average Bonchev–Trinajstić information content (AvgIpc) is 2.81. The van der Waals surface area contributed by atoms with Gasteiger partial charge >= 0.3 is 5.97 Å². The van der Waals surface area contributed by atoms with Gasteiger partial charge in [-0.1, -0.05) is 30.8 Å². The Morgan fingerprint density at radius 1 is 1.38 bits per heavy atom. The van der Waals surface area contributed by atoms with Crippen LogP contribution in [0.15, 0.2) is 35.6 Å². The Hall–Kier alpha value is -2.34. The number of hydrogen-bond donors (Lipinski definition) is 4. The first kappa shape index (κ1) is 16.7. The fraction of sp³-hybridized carbons (Fsp3) is 0.333. The average molecular weight is 292 g/mol. The third kappa shape index (κ3) is 3.41. The maximum Gasteiger partial charge on any atom is 0.336 e. The molecule has 0 saturated carbocycles. The maximum absolute atomic E-state index is 11.3. The second kappa shape index (κ2) is 6.41. The maximum atomic E-state index is 11.3. The second-order valence-electron chi connectivity index (χ2n) is 4.89. The highest BCUT2D eigenvalue weighted by Gasteiger charge is 2.37. The van der Waals surface area contributed by atoms with Crippen LogP contribution in [0.5, 0.6) is 0 Å². The number of nitrogens with zero attached hydrogens (tertiary/aromatic N) is 1. The minimum absolute atomic E-state index is 0. The monoisotopic (exact) mass is 292 g/mol. The number of hydrogen-bond acceptors (Lipinski definition) is 4. The molecule has 114 valence electrons. The molecule has 0 radical (unpaired) electrons. The normalized spacial score (nSPS) is 14.5. The zero-order valence-electron chi connectivity index (χ0n) is 11.0. The Morgan fingerprint density at radius 3 is 2.67 bits per heavy atom. The first-order chi connectivity index (χ1) is 9.46. The van der Waals surface area contributed by atoms with Gasteiger partial charge in [0.25, 0.3) is 0 Å². The summed E-state index contributed by atoms with van der Waals surface area (Å²) < 4.78 is 0. The third-order valence-electron chi connectivity index (χ3n) is 3.27. The number of para-hydroxylation sites is 1. The predicted molar refractivity (Wildman–Crippen MR) is 80.8 cm³/mol. The molecule has 0 fully saturated rings. The van der Waals surface area contributed by atoms with Crippen molar-refractivity contribution >= 4 is 22.6 Å². The minimum Gasteiger partial charge on any atom is -0.479 e. The molecule has 0 aliphatic carbocycles. The lowest BCUT2D eigenvalue weighted by Gasteiger charge is -2.22.